The van der Waals surface area contributed by atoms with Crippen LogP contribution in [0, 0.1) is 0 Å². The highest BCUT2D eigenvalue weighted by molar-refractivity contribution is 5.78. The molecule has 3 heteroatoms. The number of ether oxygens (including phenoxy) is 2. The van der Waals surface area contributed by atoms with Gasteiger partial charge < -0.3 is 9.47 Å². The molecule has 10 heavy (non-hydrogen) atoms. The molecule has 1 saturated carbocycles. The SMILES string of the molecule is C[C@H]1O[C@@H]1C(=O)OC1CC1. The fraction of sp³-hybridized carbons (Fsp3) is 0.857. The molecule has 0 aromatic carbocycles. The summed E-state index contributed by atoms with van der Waals surface area (Å²) >= 11 is 0. The second-order valence-electron chi connectivity index (χ2n) is 2.90. The van der Waals surface area contributed by atoms with Gasteiger partial charge in [0, 0.05) is 0 Å². The van der Waals surface area contributed by atoms with Crippen LogP contribution in [-0.2, 0) is 14.3 Å². The molecule has 0 aromatic rings. The van der Waals surface area contributed by atoms with Crippen LogP contribution in [0.25, 0.3) is 0 Å². The van der Waals surface area contributed by atoms with Crippen molar-refractivity contribution in [2.24, 2.45) is 0 Å². The predicted octanol–water partition coefficient (Wildman–Crippen LogP) is 0.479. The molecule has 0 amide bonds. The van der Waals surface area contributed by atoms with Gasteiger partial charge in [0.2, 0.25) is 0 Å². The van der Waals surface area contributed by atoms with Crippen molar-refractivity contribution in [3.8, 4) is 0 Å². The lowest BCUT2D eigenvalue weighted by molar-refractivity contribution is -0.146. The van der Waals surface area contributed by atoms with Gasteiger partial charge in [-0.1, -0.05) is 0 Å². The van der Waals surface area contributed by atoms with E-state index in [0.717, 1.165) is 12.8 Å². The third-order valence-electron chi connectivity index (χ3n) is 1.75. The van der Waals surface area contributed by atoms with Gasteiger partial charge >= 0.3 is 5.97 Å². The van der Waals surface area contributed by atoms with E-state index in [2.05, 4.69) is 0 Å². The molecule has 2 rings (SSSR count). The molecule has 1 heterocycles. The molecule has 56 valence electrons. The zero-order valence-electron chi connectivity index (χ0n) is 5.87. The van der Waals surface area contributed by atoms with Gasteiger partial charge in [-0.3, -0.25) is 0 Å². The molecule has 1 saturated heterocycles. The summed E-state index contributed by atoms with van der Waals surface area (Å²) in [6.45, 7) is 1.87. The number of hydrogen-bond donors (Lipinski definition) is 0. The summed E-state index contributed by atoms with van der Waals surface area (Å²) < 4.78 is 9.92. The summed E-state index contributed by atoms with van der Waals surface area (Å²) in [6, 6.07) is 0. The van der Waals surface area contributed by atoms with Crippen molar-refractivity contribution in [2.75, 3.05) is 0 Å². The molecule has 3 nitrogen and oxygen atoms in total. The van der Waals surface area contributed by atoms with Crippen LogP contribution in [0.15, 0.2) is 0 Å². The Morgan fingerprint density at radius 1 is 1.60 bits per heavy atom. The van der Waals surface area contributed by atoms with Crippen LogP contribution < -0.4 is 0 Å². The number of carbonyl (C=O) groups excluding carboxylic acids is 1. The summed E-state index contributed by atoms with van der Waals surface area (Å²) in [7, 11) is 0. The van der Waals surface area contributed by atoms with Crippen LogP contribution in [0.1, 0.15) is 19.8 Å². The first-order valence-electron chi connectivity index (χ1n) is 3.63. The van der Waals surface area contributed by atoms with Crippen molar-refractivity contribution in [2.45, 2.75) is 38.1 Å². The zero-order valence-corrected chi connectivity index (χ0v) is 5.87. The first-order valence-corrected chi connectivity index (χ1v) is 3.63. The number of rotatable bonds is 2. The molecule has 2 aliphatic rings. The fourth-order valence-corrected chi connectivity index (χ4v) is 0.850. The van der Waals surface area contributed by atoms with Crippen molar-refractivity contribution >= 4 is 5.97 Å². The fourth-order valence-electron chi connectivity index (χ4n) is 0.850. The summed E-state index contributed by atoms with van der Waals surface area (Å²) in [5.41, 5.74) is 0. The average Bonchev–Trinajstić information content (AvgIpc) is 2.66. The van der Waals surface area contributed by atoms with Crippen molar-refractivity contribution in [3.63, 3.8) is 0 Å². The highest BCUT2D eigenvalue weighted by atomic mass is 16.6. The van der Waals surface area contributed by atoms with E-state index in [-0.39, 0.29) is 24.3 Å². The van der Waals surface area contributed by atoms with Gasteiger partial charge in [0.25, 0.3) is 0 Å². The minimum Gasteiger partial charge on any atom is -0.460 e. The highest BCUT2D eigenvalue weighted by Crippen LogP contribution is 2.28. The lowest BCUT2D eigenvalue weighted by Crippen LogP contribution is -2.14. The molecule has 0 unspecified atom stereocenters. The van der Waals surface area contributed by atoms with Crippen molar-refractivity contribution in [1.82, 2.24) is 0 Å². The first kappa shape index (κ1) is 6.16. The van der Waals surface area contributed by atoms with Gasteiger partial charge in [-0.15, -0.1) is 0 Å². The normalized spacial score (nSPS) is 37.3. The van der Waals surface area contributed by atoms with Crippen molar-refractivity contribution in [3.05, 3.63) is 0 Å². The summed E-state index contributed by atoms with van der Waals surface area (Å²) in [6.07, 6.45) is 2.12. The lowest BCUT2D eigenvalue weighted by Gasteiger charge is -1.96. The topological polar surface area (TPSA) is 38.8 Å². The third-order valence-corrected chi connectivity index (χ3v) is 1.75. The Morgan fingerprint density at radius 2 is 2.20 bits per heavy atom. The minimum absolute atomic E-state index is 0.0891. The number of carbonyl (C=O) groups is 1. The molecule has 1 aliphatic heterocycles. The van der Waals surface area contributed by atoms with E-state index in [1.165, 1.54) is 0 Å². The van der Waals surface area contributed by atoms with E-state index < -0.39 is 0 Å². The van der Waals surface area contributed by atoms with Gasteiger partial charge in [-0.2, -0.15) is 0 Å². The maximum absolute atomic E-state index is 10.9. The predicted molar refractivity (Wildman–Crippen MR) is 33.4 cm³/mol. The summed E-state index contributed by atoms with van der Waals surface area (Å²) in [5.74, 6) is -0.171. The van der Waals surface area contributed by atoms with Crippen LogP contribution in [0.4, 0.5) is 0 Å². The Hall–Kier alpha value is -0.570. The van der Waals surface area contributed by atoms with E-state index in [1.54, 1.807) is 0 Å². The van der Waals surface area contributed by atoms with Gasteiger partial charge in [0.15, 0.2) is 6.10 Å². The molecule has 0 aromatic heterocycles. The molecular weight excluding hydrogens is 132 g/mol. The Kier molecular flexibility index (Phi) is 1.20. The maximum atomic E-state index is 10.9. The average molecular weight is 142 g/mol. The van der Waals surface area contributed by atoms with E-state index in [1.807, 2.05) is 6.92 Å². The number of epoxide rings is 1. The largest absolute Gasteiger partial charge is 0.460 e. The molecule has 0 bridgehead atoms. The Bertz CT molecular complexity index is 162. The maximum Gasteiger partial charge on any atom is 0.338 e. The van der Waals surface area contributed by atoms with E-state index in [4.69, 9.17) is 9.47 Å². The van der Waals surface area contributed by atoms with Crippen molar-refractivity contribution in [1.29, 1.82) is 0 Å². The zero-order chi connectivity index (χ0) is 7.14. The first-order chi connectivity index (χ1) is 4.77. The van der Waals surface area contributed by atoms with Crippen LogP contribution >= 0.6 is 0 Å². The summed E-state index contributed by atoms with van der Waals surface area (Å²) in [5, 5.41) is 0. The van der Waals surface area contributed by atoms with Crippen LogP contribution in [0.3, 0.4) is 0 Å². The molecule has 2 fully saturated rings. The molecule has 1 aliphatic carbocycles. The van der Waals surface area contributed by atoms with Gasteiger partial charge in [-0.05, 0) is 19.8 Å². The number of hydrogen-bond acceptors (Lipinski definition) is 3. The van der Waals surface area contributed by atoms with E-state index >= 15 is 0 Å². The lowest BCUT2D eigenvalue weighted by atomic mass is 10.3. The molecule has 2 atom stereocenters. The van der Waals surface area contributed by atoms with E-state index in [0.29, 0.717) is 0 Å². The van der Waals surface area contributed by atoms with Crippen LogP contribution in [0.2, 0.25) is 0 Å². The smallest absolute Gasteiger partial charge is 0.338 e. The third kappa shape index (κ3) is 1.14. The van der Waals surface area contributed by atoms with Gasteiger partial charge in [0.05, 0.1) is 6.10 Å². The van der Waals surface area contributed by atoms with Crippen LogP contribution in [0.5, 0.6) is 0 Å². The molecular formula is C7H10O3. The Labute approximate surface area is 59.3 Å². The second-order valence-corrected chi connectivity index (χ2v) is 2.90. The standard InChI is InChI=1S/C7H10O3/c1-4-6(9-4)7(8)10-5-2-3-5/h4-6H,2-3H2,1H3/t4-,6+/m1/s1. The van der Waals surface area contributed by atoms with Crippen molar-refractivity contribution < 1.29 is 14.3 Å². The monoisotopic (exact) mass is 142 g/mol. The molecule has 0 spiro atoms. The molecule has 0 radical (unpaired) electrons. The Balaban J connectivity index is 1.76. The highest BCUT2D eigenvalue weighted by Gasteiger charge is 2.44. The van der Waals surface area contributed by atoms with Gasteiger partial charge in [-0.25, -0.2) is 4.79 Å². The summed E-state index contributed by atoms with van der Waals surface area (Å²) in [4.78, 5) is 10.9. The van der Waals surface area contributed by atoms with Crippen LogP contribution in [-0.4, -0.2) is 24.3 Å². The number of esters is 1. The quantitative estimate of drug-likeness (QED) is 0.416. The van der Waals surface area contributed by atoms with E-state index in [9.17, 15) is 4.79 Å². The molecule has 0 N–H and O–H groups in total. The Morgan fingerprint density at radius 3 is 2.60 bits per heavy atom. The minimum atomic E-state index is -0.249. The van der Waals surface area contributed by atoms with Gasteiger partial charge in [0.1, 0.15) is 6.10 Å². The second kappa shape index (κ2) is 1.95.